The lowest BCUT2D eigenvalue weighted by Crippen LogP contribution is -2.39. The smallest absolute Gasteiger partial charge is 0.176 e. The number of ketones is 2. The van der Waals surface area contributed by atoms with Gasteiger partial charge in [0.2, 0.25) is 0 Å². The fraction of sp³-hybridized carbons (Fsp3) is 0.130. The molecule has 0 aliphatic carbocycles. The average molecular weight is 328 g/mol. The van der Waals surface area contributed by atoms with Gasteiger partial charge in [0.05, 0.1) is 5.41 Å². The molecule has 0 amide bonds. The normalized spacial score (nSPS) is 11.1. The minimum atomic E-state index is -1.15. The Hall–Kier alpha value is -3.00. The van der Waals surface area contributed by atoms with Gasteiger partial charge in [-0.1, -0.05) is 91.0 Å². The van der Waals surface area contributed by atoms with Crippen molar-refractivity contribution in [1.29, 1.82) is 0 Å². The van der Waals surface area contributed by atoms with Crippen LogP contribution in [0.4, 0.5) is 0 Å². The number of benzene rings is 3. The predicted octanol–water partition coefficient (Wildman–Crippen LogP) is 5.00. The lowest BCUT2D eigenvalue weighted by atomic mass is 9.72. The van der Waals surface area contributed by atoms with Crippen LogP contribution in [-0.4, -0.2) is 11.6 Å². The number of rotatable bonds is 6. The molecule has 0 aliphatic heterocycles. The van der Waals surface area contributed by atoms with Gasteiger partial charge in [-0.15, -0.1) is 0 Å². The first-order valence-corrected chi connectivity index (χ1v) is 8.35. The predicted molar refractivity (Wildman–Crippen MR) is 99.8 cm³/mol. The summed E-state index contributed by atoms with van der Waals surface area (Å²) in [5.41, 5.74) is 0.943. The van der Waals surface area contributed by atoms with Crippen molar-refractivity contribution in [2.24, 2.45) is 5.41 Å². The monoisotopic (exact) mass is 328 g/mol. The summed E-state index contributed by atoms with van der Waals surface area (Å²) in [7, 11) is 0. The summed E-state index contributed by atoms with van der Waals surface area (Å²) < 4.78 is 0. The molecule has 0 saturated heterocycles. The average Bonchev–Trinajstić information content (AvgIpc) is 2.69. The molecule has 25 heavy (non-hydrogen) atoms. The molecule has 0 radical (unpaired) electrons. The van der Waals surface area contributed by atoms with Crippen molar-refractivity contribution in [2.75, 3.05) is 0 Å². The Bertz CT molecular complexity index is 801. The highest BCUT2D eigenvalue weighted by Gasteiger charge is 2.41. The van der Waals surface area contributed by atoms with Gasteiger partial charge >= 0.3 is 0 Å². The Balaban J connectivity index is 2.04. The van der Waals surface area contributed by atoms with E-state index in [4.69, 9.17) is 0 Å². The van der Waals surface area contributed by atoms with E-state index in [1.807, 2.05) is 66.7 Å². The SMILES string of the molecule is CC(Cc1ccccc1)(C(=O)c1ccccc1)C(=O)c1ccccc1. The first kappa shape index (κ1) is 16.8. The van der Waals surface area contributed by atoms with Crippen LogP contribution < -0.4 is 0 Å². The molecule has 2 nitrogen and oxygen atoms in total. The summed E-state index contributed by atoms with van der Waals surface area (Å²) in [6, 6.07) is 27.8. The van der Waals surface area contributed by atoms with E-state index in [9.17, 15) is 9.59 Å². The van der Waals surface area contributed by atoms with Crippen molar-refractivity contribution in [3.05, 3.63) is 108 Å². The van der Waals surface area contributed by atoms with E-state index in [1.54, 1.807) is 31.2 Å². The van der Waals surface area contributed by atoms with Gasteiger partial charge in [0.1, 0.15) is 0 Å². The zero-order valence-corrected chi connectivity index (χ0v) is 14.2. The minimum absolute atomic E-state index is 0.147. The van der Waals surface area contributed by atoms with Crippen molar-refractivity contribution < 1.29 is 9.59 Å². The van der Waals surface area contributed by atoms with Gasteiger partial charge < -0.3 is 0 Å². The van der Waals surface area contributed by atoms with Crippen molar-refractivity contribution in [2.45, 2.75) is 13.3 Å². The maximum atomic E-state index is 13.3. The molecule has 3 rings (SSSR count). The Morgan fingerprint density at radius 2 is 1.00 bits per heavy atom. The molecular weight excluding hydrogens is 308 g/mol. The summed E-state index contributed by atoms with van der Waals surface area (Å²) in [5.74, 6) is -0.295. The van der Waals surface area contributed by atoms with E-state index in [-0.39, 0.29) is 11.6 Å². The summed E-state index contributed by atoms with van der Waals surface area (Å²) in [6.45, 7) is 1.75. The lowest BCUT2D eigenvalue weighted by molar-refractivity contribution is 0.0686. The third-order valence-electron chi connectivity index (χ3n) is 4.47. The number of hydrogen-bond donors (Lipinski definition) is 0. The largest absolute Gasteiger partial charge is 0.293 e. The first-order chi connectivity index (χ1) is 12.1. The third-order valence-corrected chi connectivity index (χ3v) is 4.47. The summed E-state index contributed by atoms with van der Waals surface area (Å²) >= 11 is 0. The molecule has 0 unspecified atom stereocenters. The molecule has 124 valence electrons. The molecular formula is C23H20O2. The highest BCUT2D eigenvalue weighted by Crippen LogP contribution is 2.31. The van der Waals surface area contributed by atoms with Crippen LogP contribution in [0, 0.1) is 5.41 Å². The zero-order valence-electron chi connectivity index (χ0n) is 14.2. The van der Waals surface area contributed by atoms with Crippen LogP contribution in [0.3, 0.4) is 0 Å². The Morgan fingerprint density at radius 3 is 1.40 bits per heavy atom. The second-order valence-corrected chi connectivity index (χ2v) is 6.38. The molecule has 0 N–H and O–H groups in total. The molecule has 0 fully saturated rings. The van der Waals surface area contributed by atoms with Crippen molar-refractivity contribution in [3.8, 4) is 0 Å². The van der Waals surface area contributed by atoms with Gasteiger partial charge in [0, 0.05) is 11.1 Å². The quantitative estimate of drug-likeness (QED) is 0.471. The van der Waals surface area contributed by atoms with Crippen LogP contribution >= 0.6 is 0 Å². The van der Waals surface area contributed by atoms with Crippen LogP contribution in [0.1, 0.15) is 33.2 Å². The lowest BCUT2D eigenvalue weighted by Gasteiger charge is -2.27. The number of hydrogen-bond acceptors (Lipinski definition) is 2. The number of carbonyl (C=O) groups excluding carboxylic acids is 2. The molecule has 0 spiro atoms. The topological polar surface area (TPSA) is 34.1 Å². The van der Waals surface area contributed by atoms with Gasteiger partial charge in [-0.25, -0.2) is 0 Å². The van der Waals surface area contributed by atoms with Gasteiger partial charge in [0.15, 0.2) is 11.6 Å². The zero-order chi connectivity index (χ0) is 17.7. The molecule has 0 aromatic heterocycles. The highest BCUT2D eigenvalue weighted by atomic mass is 16.2. The maximum Gasteiger partial charge on any atom is 0.176 e. The molecule has 3 aromatic rings. The van der Waals surface area contributed by atoms with E-state index < -0.39 is 5.41 Å². The standard InChI is InChI=1S/C23H20O2/c1-23(17-18-11-5-2-6-12-18,21(24)19-13-7-3-8-14-19)22(25)20-15-9-4-10-16-20/h2-16H,17H2,1H3. The molecule has 0 heterocycles. The van der Waals surface area contributed by atoms with Crippen LogP contribution in [0.2, 0.25) is 0 Å². The van der Waals surface area contributed by atoms with E-state index in [0.717, 1.165) is 5.56 Å². The molecule has 3 aromatic carbocycles. The van der Waals surface area contributed by atoms with E-state index in [2.05, 4.69) is 0 Å². The first-order valence-electron chi connectivity index (χ1n) is 8.35. The second kappa shape index (κ2) is 7.27. The van der Waals surface area contributed by atoms with E-state index in [1.165, 1.54) is 0 Å². The Kier molecular flexibility index (Phi) is 4.90. The summed E-state index contributed by atoms with van der Waals surface area (Å²) in [5, 5.41) is 0. The summed E-state index contributed by atoms with van der Waals surface area (Å²) in [4.78, 5) is 26.5. The molecule has 0 bridgehead atoms. The van der Waals surface area contributed by atoms with Gasteiger partial charge in [0.25, 0.3) is 0 Å². The highest BCUT2D eigenvalue weighted by molar-refractivity contribution is 6.19. The molecule has 0 atom stereocenters. The van der Waals surface area contributed by atoms with E-state index in [0.29, 0.717) is 17.5 Å². The third kappa shape index (κ3) is 3.58. The van der Waals surface area contributed by atoms with Gasteiger partial charge in [-0.3, -0.25) is 9.59 Å². The van der Waals surface area contributed by atoms with Crippen LogP contribution in [0.25, 0.3) is 0 Å². The van der Waals surface area contributed by atoms with Gasteiger partial charge in [-0.2, -0.15) is 0 Å². The second-order valence-electron chi connectivity index (χ2n) is 6.38. The summed E-state index contributed by atoms with van der Waals surface area (Å²) in [6.07, 6.45) is 0.370. The fourth-order valence-corrected chi connectivity index (χ4v) is 3.08. The molecule has 0 saturated carbocycles. The van der Waals surface area contributed by atoms with Gasteiger partial charge in [-0.05, 0) is 18.9 Å². The minimum Gasteiger partial charge on any atom is -0.293 e. The van der Waals surface area contributed by atoms with Crippen molar-refractivity contribution >= 4 is 11.6 Å². The Labute approximate surface area is 148 Å². The Morgan fingerprint density at radius 1 is 0.640 bits per heavy atom. The van der Waals surface area contributed by atoms with Crippen molar-refractivity contribution in [3.63, 3.8) is 0 Å². The van der Waals surface area contributed by atoms with Crippen LogP contribution in [0.15, 0.2) is 91.0 Å². The molecule has 0 aliphatic rings. The fourth-order valence-electron chi connectivity index (χ4n) is 3.08. The maximum absolute atomic E-state index is 13.3. The molecule has 2 heteroatoms. The van der Waals surface area contributed by atoms with Crippen molar-refractivity contribution in [1.82, 2.24) is 0 Å². The van der Waals surface area contributed by atoms with E-state index >= 15 is 0 Å². The van der Waals surface area contributed by atoms with Crippen LogP contribution in [0.5, 0.6) is 0 Å². The van der Waals surface area contributed by atoms with Crippen LogP contribution in [-0.2, 0) is 6.42 Å². The number of Topliss-reactive ketones (excluding diaryl/α,β-unsaturated/α-hetero) is 2. The number of carbonyl (C=O) groups is 2.